The summed E-state index contributed by atoms with van der Waals surface area (Å²) in [6, 6.07) is 0.485. The van der Waals surface area contributed by atoms with Crippen LogP contribution in [0.5, 0.6) is 0 Å². The Morgan fingerprint density at radius 2 is 1.82 bits per heavy atom. The zero-order chi connectivity index (χ0) is 12.5. The van der Waals surface area contributed by atoms with Gasteiger partial charge in [0.1, 0.15) is 0 Å². The SMILES string of the molecule is CC1CC(CC2NCCOC2(C)C)CC(C)O1. The van der Waals surface area contributed by atoms with Crippen LogP contribution in [0.15, 0.2) is 0 Å². The lowest BCUT2D eigenvalue weighted by Gasteiger charge is -2.42. The first kappa shape index (κ1) is 13.3. The number of hydrogen-bond acceptors (Lipinski definition) is 3. The minimum absolute atomic E-state index is 0.0248. The van der Waals surface area contributed by atoms with Crippen LogP contribution in [0.1, 0.15) is 47.0 Å². The quantitative estimate of drug-likeness (QED) is 0.805. The van der Waals surface area contributed by atoms with Crippen LogP contribution in [0.3, 0.4) is 0 Å². The third kappa shape index (κ3) is 3.43. The van der Waals surface area contributed by atoms with Gasteiger partial charge in [-0.25, -0.2) is 0 Å². The van der Waals surface area contributed by atoms with E-state index in [4.69, 9.17) is 9.47 Å². The van der Waals surface area contributed by atoms with Gasteiger partial charge in [-0.1, -0.05) is 0 Å². The van der Waals surface area contributed by atoms with Crippen LogP contribution < -0.4 is 5.32 Å². The Labute approximate surface area is 105 Å². The molecule has 0 aromatic carbocycles. The normalized spacial score (nSPS) is 42.4. The van der Waals surface area contributed by atoms with Crippen molar-refractivity contribution in [3.05, 3.63) is 0 Å². The van der Waals surface area contributed by atoms with Gasteiger partial charge < -0.3 is 14.8 Å². The predicted octanol–water partition coefficient (Wildman–Crippen LogP) is 2.35. The number of ether oxygens (including phenoxy) is 2. The maximum absolute atomic E-state index is 5.88. The molecule has 0 bridgehead atoms. The van der Waals surface area contributed by atoms with Crippen LogP contribution in [0.4, 0.5) is 0 Å². The van der Waals surface area contributed by atoms with E-state index >= 15 is 0 Å². The molecular weight excluding hydrogens is 214 g/mol. The number of nitrogens with one attached hydrogen (secondary N) is 1. The molecule has 0 spiro atoms. The number of hydrogen-bond donors (Lipinski definition) is 1. The summed E-state index contributed by atoms with van der Waals surface area (Å²) in [7, 11) is 0. The van der Waals surface area contributed by atoms with Gasteiger partial charge in [-0.3, -0.25) is 0 Å². The molecule has 0 aromatic rings. The van der Waals surface area contributed by atoms with Crippen molar-refractivity contribution >= 4 is 0 Å². The van der Waals surface area contributed by atoms with Gasteiger partial charge in [0, 0.05) is 12.6 Å². The highest BCUT2D eigenvalue weighted by atomic mass is 16.5. The third-order valence-electron chi connectivity index (χ3n) is 4.17. The third-order valence-corrected chi connectivity index (χ3v) is 4.17. The van der Waals surface area contributed by atoms with E-state index in [-0.39, 0.29) is 5.60 Å². The summed E-state index contributed by atoms with van der Waals surface area (Å²) in [5, 5.41) is 3.62. The minimum Gasteiger partial charge on any atom is -0.376 e. The van der Waals surface area contributed by atoms with E-state index < -0.39 is 0 Å². The Morgan fingerprint density at radius 3 is 2.41 bits per heavy atom. The molecule has 2 fully saturated rings. The van der Waals surface area contributed by atoms with E-state index in [1.165, 1.54) is 19.3 Å². The summed E-state index contributed by atoms with van der Waals surface area (Å²) < 4.78 is 11.7. The van der Waals surface area contributed by atoms with E-state index in [0.717, 1.165) is 19.1 Å². The van der Waals surface area contributed by atoms with Crippen molar-refractivity contribution in [2.45, 2.75) is 70.8 Å². The van der Waals surface area contributed by atoms with Gasteiger partial charge in [-0.15, -0.1) is 0 Å². The van der Waals surface area contributed by atoms with Gasteiger partial charge in [0.05, 0.1) is 24.4 Å². The predicted molar refractivity (Wildman–Crippen MR) is 69.2 cm³/mol. The molecule has 0 saturated carbocycles. The van der Waals surface area contributed by atoms with Crippen LogP contribution in [0.25, 0.3) is 0 Å². The highest BCUT2D eigenvalue weighted by molar-refractivity contribution is 4.91. The van der Waals surface area contributed by atoms with Gasteiger partial charge in [0.2, 0.25) is 0 Å². The maximum Gasteiger partial charge on any atom is 0.0779 e. The second kappa shape index (κ2) is 5.25. The Hall–Kier alpha value is -0.120. The first-order valence-electron chi connectivity index (χ1n) is 7.00. The van der Waals surface area contributed by atoms with Crippen LogP contribution in [0, 0.1) is 5.92 Å². The molecule has 0 amide bonds. The summed E-state index contributed by atoms with van der Waals surface area (Å²) in [6.07, 6.45) is 4.43. The second-order valence-corrected chi connectivity index (χ2v) is 6.29. The van der Waals surface area contributed by atoms with Gasteiger partial charge in [0.25, 0.3) is 0 Å². The Balaban J connectivity index is 1.90. The van der Waals surface area contributed by atoms with Crippen LogP contribution >= 0.6 is 0 Å². The molecule has 2 saturated heterocycles. The summed E-state index contributed by atoms with van der Waals surface area (Å²) in [4.78, 5) is 0. The standard InChI is InChI=1S/C14H27NO2/c1-10-7-12(8-11(2)17-10)9-13-14(3,4)16-6-5-15-13/h10-13,15H,5-9H2,1-4H3. The monoisotopic (exact) mass is 241 g/mol. The molecule has 2 aliphatic heterocycles. The van der Waals surface area contributed by atoms with Crippen molar-refractivity contribution in [3.8, 4) is 0 Å². The topological polar surface area (TPSA) is 30.5 Å². The fourth-order valence-electron chi connectivity index (χ4n) is 3.33. The lowest BCUT2D eigenvalue weighted by atomic mass is 9.82. The highest BCUT2D eigenvalue weighted by Crippen LogP contribution is 2.32. The molecule has 2 rings (SSSR count). The lowest BCUT2D eigenvalue weighted by Crippen LogP contribution is -2.55. The van der Waals surface area contributed by atoms with E-state index in [1.807, 2.05) is 0 Å². The average Bonchev–Trinajstić information content (AvgIpc) is 2.19. The summed E-state index contributed by atoms with van der Waals surface area (Å²) in [5.41, 5.74) is -0.0248. The van der Waals surface area contributed by atoms with Crippen molar-refractivity contribution in [1.29, 1.82) is 0 Å². The highest BCUT2D eigenvalue weighted by Gasteiger charge is 2.36. The van der Waals surface area contributed by atoms with Crippen molar-refractivity contribution < 1.29 is 9.47 Å². The number of morpholine rings is 1. The van der Waals surface area contributed by atoms with E-state index in [0.29, 0.717) is 18.2 Å². The zero-order valence-corrected chi connectivity index (χ0v) is 11.7. The molecule has 0 aliphatic carbocycles. The van der Waals surface area contributed by atoms with E-state index in [1.54, 1.807) is 0 Å². The summed E-state index contributed by atoms with van der Waals surface area (Å²) in [5.74, 6) is 0.771. The molecule has 3 atom stereocenters. The van der Waals surface area contributed by atoms with Crippen molar-refractivity contribution in [1.82, 2.24) is 5.32 Å². The molecule has 0 aromatic heterocycles. The molecule has 2 aliphatic rings. The van der Waals surface area contributed by atoms with E-state index in [2.05, 4.69) is 33.0 Å². The molecule has 1 N–H and O–H groups in total. The fourth-order valence-corrected chi connectivity index (χ4v) is 3.33. The van der Waals surface area contributed by atoms with Crippen molar-refractivity contribution in [2.24, 2.45) is 5.92 Å². The first-order chi connectivity index (χ1) is 7.97. The lowest BCUT2D eigenvalue weighted by molar-refractivity contribution is -0.0914. The minimum atomic E-state index is -0.0248. The Bertz CT molecular complexity index is 245. The summed E-state index contributed by atoms with van der Waals surface area (Å²) in [6.45, 7) is 10.6. The van der Waals surface area contributed by atoms with Gasteiger partial charge >= 0.3 is 0 Å². The average molecular weight is 241 g/mol. The van der Waals surface area contributed by atoms with Crippen LogP contribution in [-0.2, 0) is 9.47 Å². The van der Waals surface area contributed by atoms with E-state index in [9.17, 15) is 0 Å². The zero-order valence-electron chi connectivity index (χ0n) is 11.7. The van der Waals surface area contributed by atoms with Gasteiger partial charge in [-0.05, 0) is 52.9 Å². The van der Waals surface area contributed by atoms with Gasteiger partial charge in [-0.2, -0.15) is 0 Å². The largest absolute Gasteiger partial charge is 0.376 e. The second-order valence-electron chi connectivity index (χ2n) is 6.29. The molecule has 3 heteroatoms. The van der Waals surface area contributed by atoms with Crippen LogP contribution in [0.2, 0.25) is 0 Å². The maximum atomic E-state index is 5.88. The molecule has 100 valence electrons. The Morgan fingerprint density at radius 1 is 1.18 bits per heavy atom. The van der Waals surface area contributed by atoms with Gasteiger partial charge in [0.15, 0.2) is 0 Å². The molecule has 2 heterocycles. The number of rotatable bonds is 2. The Kier molecular flexibility index (Phi) is 4.11. The first-order valence-corrected chi connectivity index (χ1v) is 7.00. The fraction of sp³-hybridized carbons (Fsp3) is 1.00. The molecule has 3 unspecified atom stereocenters. The molecule has 3 nitrogen and oxygen atoms in total. The van der Waals surface area contributed by atoms with Crippen molar-refractivity contribution in [3.63, 3.8) is 0 Å². The molecular formula is C14H27NO2. The molecule has 17 heavy (non-hydrogen) atoms. The van der Waals surface area contributed by atoms with Crippen LogP contribution in [-0.4, -0.2) is 37.0 Å². The molecule has 0 radical (unpaired) electrons. The van der Waals surface area contributed by atoms with Crippen molar-refractivity contribution in [2.75, 3.05) is 13.2 Å². The smallest absolute Gasteiger partial charge is 0.0779 e. The summed E-state index contributed by atoms with van der Waals surface area (Å²) >= 11 is 0.